The molecule has 2 fully saturated rings. The number of nitrogens with zero attached hydrogens (tertiary/aromatic N) is 1. The second-order valence-electron chi connectivity index (χ2n) is 6.46. The lowest BCUT2D eigenvalue weighted by molar-refractivity contribution is -0.126. The predicted octanol–water partition coefficient (Wildman–Crippen LogP) is 0.0687. The second-order valence-corrected chi connectivity index (χ2v) is 6.46. The minimum Gasteiger partial charge on any atom is -0.354 e. The van der Waals surface area contributed by atoms with Gasteiger partial charge in [0.15, 0.2) is 0 Å². The van der Waals surface area contributed by atoms with Crippen molar-refractivity contribution in [2.75, 3.05) is 26.2 Å². The Morgan fingerprint density at radius 3 is 2.82 bits per heavy atom. The van der Waals surface area contributed by atoms with Gasteiger partial charge in [0, 0.05) is 19.1 Å². The van der Waals surface area contributed by atoms with Gasteiger partial charge in [-0.15, -0.1) is 0 Å². The monoisotopic (exact) mass is 310 g/mol. The molecule has 1 aliphatic heterocycles. The molecule has 1 saturated carbocycles. The van der Waals surface area contributed by atoms with Crippen LogP contribution < -0.4 is 16.0 Å². The van der Waals surface area contributed by atoms with Gasteiger partial charge >= 0.3 is 6.03 Å². The summed E-state index contributed by atoms with van der Waals surface area (Å²) < 4.78 is 0. The minimum absolute atomic E-state index is 0.0669. The molecule has 0 aromatic carbocycles. The first-order valence-corrected chi connectivity index (χ1v) is 8.05. The zero-order valence-electron chi connectivity index (χ0n) is 13.4. The molecule has 0 radical (unpaired) electrons. The Balaban J connectivity index is 1.74. The zero-order valence-corrected chi connectivity index (χ0v) is 13.4. The normalized spacial score (nSPS) is 29.5. The molecule has 7 nitrogen and oxygen atoms in total. The van der Waals surface area contributed by atoms with Crippen LogP contribution in [0.15, 0.2) is 0 Å². The fourth-order valence-corrected chi connectivity index (χ4v) is 3.19. The van der Waals surface area contributed by atoms with E-state index >= 15 is 0 Å². The maximum Gasteiger partial charge on any atom is 0.321 e. The van der Waals surface area contributed by atoms with Crippen LogP contribution in [0.3, 0.4) is 0 Å². The maximum atomic E-state index is 11.9. The van der Waals surface area contributed by atoms with E-state index in [0.29, 0.717) is 24.9 Å². The highest BCUT2D eigenvalue weighted by atomic mass is 16.2. The molecule has 2 rings (SSSR count). The molecule has 3 atom stereocenters. The first kappa shape index (κ1) is 16.7. The average molecular weight is 310 g/mol. The summed E-state index contributed by atoms with van der Waals surface area (Å²) in [6.07, 6.45) is 3.25. The molecule has 7 heteroatoms. The topological polar surface area (TPSA) is 90.5 Å². The van der Waals surface area contributed by atoms with E-state index in [4.69, 9.17) is 0 Å². The number of carbonyl (C=O) groups is 3. The van der Waals surface area contributed by atoms with E-state index in [-0.39, 0.29) is 30.9 Å². The number of urea groups is 1. The van der Waals surface area contributed by atoms with E-state index in [2.05, 4.69) is 29.8 Å². The summed E-state index contributed by atoms with van der Waals surface area (Å²) in [5.41, 5.74) is 0. The summed E-state index contributed by atoms with van der Waals surface area (Å²) in [4.78, 5) is 36.8. The number of carbonyl (C=O) groups excluding carboxylic acids is 3. The van der Waals surface area contributed by atoms with E-state index < -0.39 is 6.03 Å². The van der Waals surface area contributed by atoms with Crippen molar-refractivity contribution in [3.05, 3.63) is 0 Å². The fraction of sp³-hybridized carbons (Fsp3) is 0.800. The van der Waals surface area contributed by atoms with Crippen molar-refractivity contribution < 1.29 is 14.4 Å². The van der Waals surface area contributed by atoms with Gasteiger partial charge in [0.1, 0.15) is 0 Å². The Morgan fingerprint density at radius 1 is 1.32 bits per heavy atom. The summed E-state index contributed by atoms with van der Waals surface area (Å²) >= 11 is 0. The van der Waals surface area contributed by atoms with Gasteiger partial charge in [-0.2, -0.15) is 0 Å². The molecular formula is C15H26N4O3. The maximum absolute atomic E-state index is 11.9. The first-order chi connectivity index (χ1) is 10.5. The van der Waals surface area contributed by atoms with Crippen LogP contribution in [-0.4, -0.2) is 55.0 Å². The summed E-state index contributed by atoms with van der Waals surface area (Å²) in [6, 6.07) is -0.310. The van der Waals surface area contributed by atoms with E-state index in [1.165, 1.54) is 6.42 Å². The molecule has 0 unspecified atom stereocenters. The molecule has 1 saturated heterocycles. The van der Waals surface area contributed by atoms with Gasteiger partial charge in [0.2, 0.25) is 11.8 Å². The molecule has 0 bridgehead atoms. The van der Waals surface area contributed by atoms with Crippen molar-refractivity contribution in [3.8, 4) is 0 Å². The lowest BCUT2D eigenvalue weighted by Crippen LogP contribution is -2.53. The number of nitrogens with one attached hydrogen (secondary N) is 3. The summed E-state index contributed by atoms with van der Waals surface area (Å²) in [5.74, 6) is 0.541. The van der Waals surface area contributed by atoms with Crippen LogP contribution >= 0.6 is 0 Å². The number of rotatable bonds is 3. The van der Waals surface area contributed by atoms with Crippen molar-refractivity contribution in [1.82, 2.24) is 20.9 Å². The standard InChI is InChI=1S/C15H26N4O3/c1-10-4-3-5-12(11(10)2)17-15(22)18-14(21)9-19-7-6-16-13(20)8-19/h10-12H,3-9H2,1-2H3,(H,16,20)(H2,17,18,21,22)/t10-,11+,12-/m1/s1. The molecule has 3 N–H and O–H groups in total. The number of amides is 4. The molecule has 0 aromatic heterocycles. The Bertz CT molecular complexity index is 441. The molecule has 4 amide bonds. The first-order valence-electron chi connectivity index (χ1n) is 8.05. The van der Waals surface area contributed by atoms with Crippen LogP contribution in [0.5, 0.6) is 0 Å². The molecule has 0 aromatic rings. The molecule has 124 valence electrons. The van der Waals surface area contributed by atoms with Crippen molar-refractivity contribution in [1.29, 1.82) is 0 Å². The quantitative estimate of drug-likeness (QED) is 0.688. The zero-order chi connectivity index (χ0) is 16.1. The SMILES string of the molecule is C[C@H]1[C@H](C)CCC[C@H]1NC(=O)NC(=O)CN1CCNC(=O)C1. The van der Waals surface area contributed by atoms with Gasteiger partial charge in [0.05, 0.1) is 13.1 Å². The van der Waals surface area contributed by atoms with E-state index in [1.807, 2.05) is 0 Å². The Hall–Kier alpha value is -1.63. The van der Waals surface area contributed by atoms with Crippen LogP contribution in [-0.2, 0) is 9.59 Å². The molecule has 22 heavy (non-hydrogen) atoms. The number of hydrogen-bond donors (Lipinski definition) is 3. The van der Waals surface area contributed by atoms with Crippen LogP contribution in [0.25, 0.3) is 0 Å². The lowest BCUT2D eigenvalue weighted by Gasteiger charge is -2.34. The molecule has 1 heterocycles. The van der Waals surface area contributed by atoms with Crippen molar-refractivity contribution >= 4 is 17.8 Å². The van der Waals surface area contributed by atoms with Gasteiger partial charge in [-0.3, -0.25) is 19.8 Å². The highest BCUT2D eigenvalue weighted by Crippen LogP contribution is 2.29. The third-order valence-corrected chi connectivity index (χ3v) is 4.76. The second kappa shape index (κ2) is 7.58. The molecule has 1 aliphatic carbocycles. The third-order valence-electron chi connectivity index (χ3n) is 4.76. The Morgan fingerprint density at radius 2 is 2.09 bits per heavy atom. The molecule has 2 aliphatic rings. The van der Waals surface area contributed by atoms with E-state index in [9.17, 15) is 14.4 Å². The number of imide groups is 1. The van der Waals surface area contributed by atoms with Gasteiger partial charge < -0.3 is 10.6 Å². The number of hydrogen-bond acceptors (Lipinski definition) is 4. The van der Waals surface area contributed by atoms with Crippen LogP contribution in [0.4, 0.5) is 4.79 Å². The molecule has 0 spiro atoms. The Labute approximate surface area is 131 Å². The predicted molar refractivity (Wildman–Crippen MR) is 82.1 cm³/mol. The fourth-order valence-electron chi connectivity index (χ4n) is 3.19. The molecular weight excluding hydrogens is 284 g/mol. The average Bonchev–Trinajstić information content (AvgIpc) is 2.43. The van der Waals surface area contributed by atoms with Crippen molar-refractivity contribution in [2.24, 2.45) is 11.8 Å². The van der Waals surface area contributed by atoms with E-state index in [0.717, 1.165) is 12.8 Å². The third kappa shape index (κ3) is 4.69. The smallest absolute Gasteiger partial charge is 0.321 e. The minimum atomic E-state index is -0.433. The van der Waals surface area contributed by atoms with Gasteiger partial charge in [-0.05, 0) is 18.3 Å². The summed E-state index contributed by atoms with van der Waals surface area (Å²) in [7, 11) is 0. The Kier molecular flexibility index (Phi) is 5.76. The van der Waals surface area contributed by atoms with Gasteiger partial charge in [-0.25, -0.2) is 4.79 Å². The lowest BCUT2D eigenvalue weighted by atomic mass is 9.78. The largest absolute Gasteiger partial charge is 0.354 e. The van der Waals surface area contributed by atoms with E-state index in [1.54, 1.807) is 4.90 Å². The van der Waals surface area contributed by atoms with Crippen LogP contribution in [0, 0.1) is 11.8 Å². The summed E-state index contributed by atoms with van der Waals surface area (Å²) in [5, 5.41) is 7.97. The van der Waals surface area contributed by atoms with Crippen LogP contribution in [0.2, 0.25) is 0 Å². The summed E-state index contributed by atoms with van der Waals surface area (Å²) in [6.45, 7) is 5.77. The number of piperazine rings is 1. The van der Waals surface area contributed by atoms with Crippen molar-refractivity contribution in [3.63, 3.8) is 0 Å². The highest BCUT2D eigenvalue weighted by molar-refractivity contribution is 5.95. The van der Waals surface area contributed by atoms with Gasteiger partial charge in [-0.1, -0.05) is 26.7 Å². The van der Waals surface area contributed by atoms with Crippen molar-refractivity contribution in [2.45, 2.75) is 39.2 Å². The highest BCUT2D eigenvalue weighted by Gasteiger charge is 2.28. The van der Waals surface area contributed by atoms with Gasteiger partial charge in [0.25, 0.3) is 0 Å². The van der Waals surface area contributed by atoms with Crippen LogP contribution in [0.1, 0.15) is 33.1 Å².